The molecule has 0 aromatic carbocycles. The fraction of sp³-hybridized carbons (Fsp3) is 0.667. The Hall–Kier alpha value is -0.990. The van der Waals surface area contributed by atoms with E-state index in [9.17, 15) is 8.78 Å². The van der Waals surface area contributed by atoms with Crippen molar-refractivity contribution in [2.24, 2.45) is 9.98 Å². The Morgan fingerprint density at radius 3 is 2.73 bits per heavy atom. The third-order valence-electron chi connectivity index (χ3n) is 1.46. The van der Waals surface area contributed by atoms with E-state index in [1.54, 1.807) is 0 Å². The lowest BCUT2D eigenvalue weighted by Crippen LogP contribution is -2.50. The van der Waals surface area contributed by atoms with Crippen molar-refractivity contribution in [3.8, 4) is 0 Å². The Balaban J connectivity index is 2.85. The summed E-state index contributed by atoms with van der Waals surface area (Å²) in [7, 11) is 2.75. The van der Waals surface area contributed by atoms with Crippen LogP contribution in [0.2, 0.25) is 0 Å². The van der Waals surface area contributed by atoms with Crippen molar-refractivity contribution in [2.75, 3.05) is 14.2 Å². The van der Waals surface area contributed by atoms with E-state index in [-0.39, 0.29) is 11.3 Å². The summed E-state index contributed by atoms with van der Waals surface area (Å²) >= 11 is 5.54. The number of alkyl halides is 2. The van der Waals surface area contributed by atoms with Crippen molar-refractivity contribution in [1.29, 1.82) is 0 Å². The number of rotatable bonds is 3. The van der Waals surface area contributed by atoms with Gasteiger partial charge in [-0.05, 0) is 18.6 Å². The van der Waals surface area contributed by atoms with E-state index >= 15 is 0 Å². The lowest BCUT2D eigenvalue weighted by molar-refractivity contribution is -0.272. The molecule has 0 fully saturated rings. The van der Waals surface area contributed by atoms with Crippen LogP contribution in [0.5, 0.6) is 0 Å². The number of hydrogen-bond donors (Lipinski definition) is 1. The van der Waals surface area contributed by atoms with Crippen LogP contribution in [0.15, 0.2) is 9.98 Å². The molecule has 9 heteroatoms. The standard InChI is InChI=1S/C6H9ClF2N4O2/c1-10-5-11-3(7)12-6(14-2)13(5)15-4(8)9/h4-5,10H,1-2H3. The number of ether oxygens (including phenoxy) is 1. The van der Waals surface area contributed by atoms with E-state index in [4.69, 9.17) is 16.3 Å². The minimum Gasteiger partial charge on any atom is -0.467 e. The molecule has 0 radical (unpaired) electrons. The number of nitrogens with zero attached hydrogens (tertiary/aromatic N) is 3. The minimum atomic E-state index is -3.01. The maximum absolute atomic E-state index is 12.1. The normalized spacial score (nSPS) is 21.5. The van der Waals surface area contributed by atoms with Crippen LogP contribution in [0.25, 0.3) is 0 Å². The molecule has 0 bridgehead atoms. The topological polar surface area (TPSA) is 58.5 Å². The SMILES string of the molecule is CNC1N=C(Cl)N=C(OC)N1OC(F)F. The quantitative estimate of drug-likeness (QED) is 0.735. The highest BCUT2D eigenvalue weighted by atomic mass is 35.5. The molecule has 1 unspecified atom stereocenters. The summed E-state index contributed by atoms with van der Waals surface area (Å²) in [4.78, 5) is 11.4. The van der Waals surface area contributed by atoms with Gasteiger partial charge in [-0.15, -0.1) is 0 Å². The Morgan fingerprint density at radius 2 is 2.27 bits per heavy atom. The number of methoxy groups -OCH3 is 1. The van der Waals surface area contributed by atoms with Crippen LogP contribution in [-0.4, -0.2) is 43.4 Å². The lowest BCUT2D eigenvalue weighted by atomic mass is 10.7. The van der Waals surface area contributed by atoms with Crippen LogP contribution >= 0.6 is 11.6 Å². The summed E-state index contributed by atoms with van der Waals surface area (Å²) in [5.74, 6) is 0. The van der Waals surface area contributed by atoms with Crippen LogP contribution < -0.4 is 5.32 Å². The van der Waals surface area contributed by atoms with Gasteiger partial charge in [0.15, 0.2) is 0 Å². The second kappa shape index (κ2) is 5.19. The molecule has 1 aliphatic rings. The zero-order chi connectivity index (χ0) is 11.4. The number of halogens is 3. The highest BCUT2D eigenvalue weighted by molar-refractivity contribution is 6.65. The van der Waals surface area contributed by atoms with Crippen LogP contribution in [0.3, 0.4) is 0 Å². The van der Waals surface area contributed by atoms with Gasteiger partial charge in [-0.3, -0.25) is 5.32 Å². The van der Waals surface area contributed by atoms with Crippen molar-refractivity contribution in [1.82, 2.24) is 10.4 Å². The molecule has 1 atom stereocenters. The lowest BCUT2D eigenvalue weighted by Gasteiger charge is -2.29. The predicted molar refractivity (Wildman–Crippen MR) is 49.5 cm³/mol. The van der Waals surface area contributed by atoms with E-state index in [1.807, 2.05) is 0 Å². The van der Waals surface area contributed by atoms with E-state index in [0.717, 1.165) is 0 Å². The minimum absolute atomic E-state index is 0.111. The molecule has 15 heavy (non-hydrogen) atoms. The second-order valence-electron chi connectivity index (χ2n) is 2.35. The fourth-order valence-corrected chi connectivity index (χ4v) is 1.09. The van der Waals surface area contributed by atoms with Gasteiger partial charge in [0.1, 0.15) is 0 Å². The smallest absolute Gasteiger partial charge is 0.365 e. The Labute approximate surface area is 89.5 Å². The zero-order valence-corrected chi connectivity index (χ0v) is 8.70. The number of nitrogens with one attached hydrogen (secondary N) is 1. The van der Waals surface area contributed by atoms with Gasteiger partial charge in [0.05, 0.1) is 7.11 Å². The van der Waals surface area contributed by atoms with Gasteiger partial charge in [0, 0.05) is 0 Å². The monoisotopic (exact) mass is 242 g/mol. The first-order valence-electron chi connectivity index (χ1n) is 3.86. The van der Waals surface area contributed by atoms with Gasteiger partial charge >= 0.3 is 12.6 Å². The highest BCUT2D eigenvalue weighted by Gasteiger charge is 2.29. The molecule has 1 aliphatic heterocycles. The molecule has 0 saturated heterocycles. The molecule has 86 valence electrons. The maximum atomic E-state index is 12.1. The van der Waals surface area contributed by atoms with Gasteiger partial charge in [-0.25, -0.2) is 4.99 Å². The van der Waals surface area contributed by atoms with E-state index in [2.05, 4.69) is 20.1 Å². The van der Waals surface area contributed by atoms with Crippen molar-refractivity contribution in [3.05, 3.63) is 0 Å². The molecule has 0 aromatic rings. The predicted octanol–water partition coefficient (Wildman–Crippen LogP) is 0.556. The van der Waals surface area contributed by atoms with Gasteiger partial charge in [0.25, 0.3) is 0 Å². The average molecular weight is 243 g/mol. The third kappa shape index (κ3) is 2.98. The van der Waals surface area contributed by atoms with E-state index < -0.39 is 12.9 Å². The number of hydrogen-bond acceptors (Lipinski definition) is 6. The summed E-state index contributed by atoms with van der Waals surface area (Å²) in [5.41, 5.74) is 0. The Kier molecular flexibility index (Phi) is 4.18. The zero-order valence-electron chi connectivity index (χ0n) is 7.95. The van der Waals surface area contributed by atoms with E-state index in [1.165, 1.54) is 14.2 Å². The number of hydroxylamine groups is 2. The summed E-state index contributed by atoms with van der Waals surface area (Å²) < 4.78 is 28.8. The van der Waals surface area contributed by atoms with Crippen molar-refractivity contribution in [2.45, 2.75) is 12.9 Å². The maximum Gasteiger partial charge on any atom is 0.365 e. The van der Waals surface area contributed by atoms with Crippen LogP contribution in [0.4, 0.5) is 8.78 Å². The van der Waals surface area contributed by atoms with Gasteiger partial charge < -0.3 is 4.74 Å². The van der Waals surface area contributed by atoms with Gasteiger partial charge in [-0.2, -0.15) is 23.7 Å². The summed E-state index contributed by atoms with van der Waals surface area (Å²) in [6.45, 7) is -3.01. The average Bonchev–Trinajstić information content (AvgIpc) is 2.19. The highest BCUT2D eigenvalue weighted by Crippen LogP contribution is 2.13. The van der Waals surface area contributed by atoms with Crippen LogP contribution in [0.1, 0.15) is 0 Å². The number of amidine groups is 2. The molecule has 0 spiro atoms. The molecule has 0 amide bonds. The third-order valence-corrected chi connectivity index (χ3v) is 1.64. The first kappa shape index (κ1) is 12.1. The summed E-state index contributed by atoms with van der Waals surface area (Å²) in [5, 5.41) is 3.17. The molecular weight excluding hydrogens is 234 g/mol. The molecular formula is C6H9ClF2N4O2. The van der Waals surface area contributed by atoms with Crippen LogP contribution in [0, 0.1) is 0 Å². The first-order valence-corrected chi connectivity index (χ1v) is 4.23. The molecule has 6 nitrogen and oxygen atoms in total. The molecule has 0 saturated carbocycles. The van der Waals surface area contributed by atoms with Crippen LogP contribution in [-0.2, 0) is 9.57 Å². The summed E-state index contributed by atoms with van der Waals surface area (Å²) in [6.07, 6.45) is -0.904. The van der Waals surface area contributed by atoms with Crippen molar-refractivity contribution in [3.63, 3.8) is 0 Å². The van der Waals surface area contributed by atoms with E-state index in [0.29, 0.717) is 5.06 Å². The molecule has 0 aliphatic carbocycles. The molecule has 1 rings (SSSR count). The summed E-state index contributed by atoms with van der Waals surface area (Å²) in [6, 6.07) is -0.199. The largest absolute Gasteiger partial charge is 0.467 e. The van der Waals surface area contributed by atoms with Gasteiger partial charge in [0.2, 0.25) is 11.6 Å². The molecule has 1 heterocycles. The molecule has 1 N–H and O–H groups in total. The number of aliphatic imine (C=N–C) groups is 2. The Morgan fingerprint density at radius 1 is 1.60 bits per heavy atom. The first-order chi connectivity index (χ1) is 7.08. The second-order valence-corrected chi connectivity index (χ2v) is 2.69. The molecule has 0 aromatic heterocycles. The Bertz CT molecular complexity index is 286. The van der Waals surface area contributed by atoms with Crippen molar-refractivity contribution < 1.29 is 18.4 Å². The van der Waals surface area contributed by atoms with Gasteiger partial charge in [-0.1, -0.05) is 0 Å². The van der Waals surface area contributed by atoms with Crippen molar-refractivity contribution >= 4 is 22.9 Å². The fourth-order valence-electron chi connectivity index (χ4n) is 0.921.